The molecule has 1 N–H and O–H groups in total. The van der Waals surface area contributed by atoms with E-state index in [0.717, 1.165) is 65.0 Å². The molecule has 172 valence electrons. The number of hydrogen-bond donors (Lipinski definition) is 1. The Balaban J connectivity index is 1.37. The van der Waals surface area contributed by atoms with E-state index in [-0.39, 0.29) is 12.5 Å². The second-order valence-corrected chi connectivity index (χ2v) is 8.42. The summed E-state index contributed by atoms with van der Waals surface area (Å²) in [5.41, 5.74) is 5.69. The Hall–Kier alpha value is -4.13. The fraction of sp³-hybridized carbons (Fsp3) is 0.222. The molecule has 0 aliphatic carbocycles. The van der Waals surface area contributed by atoms with Gasteiger partial charge in [0.05, 0.1) is 17.1 Å². The Bertz CT molecular complexity index is 1350. The number of rotatable bonds is 7. The van der Waals surface area contributed by atoms with Gasteiger partial charge in [0.2, 0.25) is 5.91 Å². The van der Waals surface area contributed by atoms with Crippen LogP contribution in [0.25, 0.3) is 22.2 Å². The quantitative estimate of drug-likeness (QED) is 0.401. The molecule has 4 aromatic rings. The lowest BCUT2D eigenvalue weighted by Gasteiger charge is -2.22. The van der Waals surface area contributed by atoms with Gasteiger partial charge in [0.15, 0.2) is 0 Å². The number of carbonyl (C=O) groups excluding carboxylic acids is 1. The number of aromatic nitrogens is 3. The number of hydrogen-bond acceptors (Lipinski definition) is 5. The first-order valence-corrected chi connectivity index (χ1v) is 11.4. The molecule has 1 aliphatic rings. The fourth-order valence-corrected chi connectivity index (χ4v) is 4.44. The molecule has 5 rings (SSSR count). The van der Waals surface area contributed by atoms with E-state index in [1.54, 1.807) is 6.20 Å². The second kappa shape index (κ2) is 9.39. The van der Waals surface area contributed by atoms with E-state index >= 15 is 0 Å². The fourth-order valence-electron chi connectivity index (χ4n) is 4.44. The lowest BCUT2D eigenvalue weighted by molar-refractivity contribution is -0.111. The van der Waals surface area contributed by atoms with Gasteiger partial charge in [-0.1, -0.05) is 30.8 Å². The highest BCUT2D eigenvalue weighted by atomic mass is 16.5. The van der Waals surface area contributed by atoms with Crippen molar-refractivity contribution in [1.82, 2.24) is 14.5 Å². The Morgan fingerprint density at radius 2 is 2.00 bits per heavy atom. The van der Waals surface area contributed by atoms with Crippen LogP contribution < -0.4 is 15.0 Å². The SMILES string of the molecule is C=CC(=O)Nc1cc(COc2nccc(-c3cn(C)c4ccccc34)n2)ccc1N1CCCC1. The highest BCUT2D eigenvalue weighted by Crippen LogP contribution is 2.31. The van der Waals surface area contributed by atoms with Gasteiger partial charge >= 0.3 is 6.01 Å². The minimum Gasteiger partial charge on any atom is -0.459 e. The molecule has 7 heteroatoms. The molecule has 0 radical (unpaired) electrons. The number of benzene rings is 2. The predicted octanol–water partition coefficient (Wildman–Crippen LogP) is 4.94. The molecule has 0 unspecified atom stereocenters. The van der Waals surface area contributed by atoms with Crippen molar-refractivity contribution in [3.05, 3.63) is 79.1 Å². The Morgan fingerprint density at radius 1 is 1.18 bits per heavy atom. The molecule has 2 aromatic carbocycles. The zero-order valence-corrected chi connectivity index (χ0v) is 19.2. The molecule has 7 nitrogen and oxygen atoms in total. The Kier molecular flexibility index (Phi) is 5.99. The van der Waals surface area contributed by atoms with Crippen molar-refractivity contribution >= 4 is 28.2 Å². The largest absolute Gasteiger partial charge is 0.459 e. The molecule has 0 atom stereocenters. The van der Waals surface area contributed by atoms with Gasteiger partial charge in [-0.2, -0.15) is 4.98 Å². The number of amides is 1. The normalized spacial score (nSPS) is 13.3. The van der Waals surface area contributed by atoms with Crippen LogP contribution in [0.5, 0.6) is 6.01 Å². The maximum atomic E-state index is 12.0. The number of aryl methyl sites for hydroxylation is 1. The van der Waals surface area contributed by atoms with E-state index in [4.69, 9.17) is 4.74 Å². The van der Waals surface area contributed by atoms with Crippen LogP contribution in [0.4, 0.5) is 11.4 Å². The van der Waals surface area contributed by atoms with E-state index in [0.29, 0.717) is 6.01 Å². The monoisotopic (exact) mass is 453 g/mol. The maximum Gasteiger partial charge on any atom is 0.317 e. The number of carbonyl (C=O) groups is 1. The number of nitrogens with one attached hydrogen (secondary N) is 1. The van der Waals surface area contributed by atoms with Crippen LogP contribution in [-0.2, 0) is 18.4 Å². The molecule has 3 heterocycles. The third kappa shape index (κ3) is 4.37. The molecule has 1 aliphatic heterocycles. The lowest BCUT2D eigenvalue weighted by atomic mass is 10.1. The Morgan fingerprint density at radius 3 is 2.82 bits per heavy atom. The topological polar surface area (TPSA) is 72.3 Å². The first-order chi connectivity index (χ1) is 16.6. The molecule has 1 saturated heterocycles. The van der Waals surface area contributed by atoms with Crippen LogP contribution in [0.3, 0.4) is 0 Å². The number of fused-ring (bicyclic) bond motifs is 1. The molecule has 0 saturated carbocycles. The average molecular weight is 454 g/mol. The van der Waals surface area contributed by atoms with E-state index in [9.17, 15) is 4.79 Å². The minimum absolute atomic E-state index is 0.232. The summed E-state index contributed by atoms with van der Waals surface area (Å²) < 4.78 is 8.04. The first-order valence-electron chi connectivity index (χ1n) is 11.4. The Labute approximate surface area is 198 Å². The third-order valence-electron chi connectivity index (χ3n) is 6.13. The van der Waals surface area contributed by atoms with Crippen LogP contribution in [0, 0.1) is 0 Å². The molecule has 1 fully saturated rings. The van der Waals surface area contributed by atoms with Gasteiger partial charge in [-0.15, -0.1) is 0 Å². The molecule has 1 amide bonds. The van der Waals surface area contributed by atoms with Crippen molar-refractivity contribution < 1.29 is 9.53 Å². The van der Waals surface area contributed by atoms with E-state index < -0.39 is 0 Å². The maximum absolute atomic E-state index is 12.0. The number of ether oxygens (including phenoxy) is 1. The summed E-state index contributed by atoms with van der Waals surface area (Å²) in [6, 6.07) is 16.4. The van der Waals surface area contributed by atoms with Crippen molar-refractivity contribution in [3.8, 4) is 17.3 Å². The summed E-state index contributed by atoms with van der Waals surface area (Å²) in [4.78, 5) is 23.2. The summed E-state index contributed by atoms with van der Waals surface area (Å²) in [7, 11) is 2.03. The zero-order valence-electron chi connectivity index (χ0n) is 19.2. The predicted molar refractivity (Wildman–Crippen MR) is 135 cm³/mol. The van der Waals surface area contributed by atoms with Crippen molar-refractivity contribution in [1.29, 1.82) is 0 Å². The molecule has 2 aromatic heterocycles. The molecule has 0 bridgehead atoms. The van der Waals surface area contributed by atoms with Gasteiger partial charge in [0.25, 0.3) is 0 Å². The van der Waals surface area contributed by atoms with Crippen LogP contribution >= 0.6 is 0 Å². The number of anilines is 2. The summed E-state index contributed by atoms with van der Waals surface area (Å²) in [6.45, 7) is 5.83. The summed E-state index contributed by atoms with van der Waals surface area (Å²) in [6.07, 6.45) is 7.38. The average Bonchev–Trinajstić information content (AvgIpc) is 3.52. The molecular weight excluding hydrogens is 426 g/mol. The summed E-state index contributed by atoms with van der Waals surface area (Å²) >= 11 is 0. The van der Waals surface area contributed by atoms with Crippen LogP contribution in [0.1, 0.15) is 18.4 Å². The lowest BCUT2D eigenvalue weighted by Crippen LogP contribution is -2.20. The third-order valence-corrected chi connectivity index (χ3v) is 6.13. The van der Waals surface area contributed by atoms with Gasteiger partial charge in [0.1, 0.15) is 6.61 Å². The van der Waals surface area contributed by atoms with E-state index in [1.165, 1.54) is 6.08 Å². The van der Waals surface area contributed by atoms with Gasteiger partial charge in [0, 0.05) is 49.0 Å². The standard InChI is InChI=1S/C27H27N5O2/c1-3-26(33)29-23-16-19(10-11-25(23)32-14-6-7-15-32)18-34-27-28-13-12-22(30-27)21-17-31(2)24-9-5-4-8-20(21)24/h3-5,8-13,16-17H,1,6-7,14-15,18H2,2H3,(H,29,33). The van der Waals surface area contributed by atoms with Gasteiger partial charge in [-0.25, -0.2) is 4.98 Å². The highest BCUT2D eigenvalue weighted by molar-refractivity contribution is 6.01. The van der Waals surface area contributed by atoms with Crippen LogP contribution in [0.15, 0.2) is 73.6 Å². The first kappa shape index (κ1) is 21.7. The smallest absolute Gasteiger partial charge is 0.317 e. The molecule has 34 heavy (non-hydrogen) atoms. The van der Waals surface area contributed by atoms with Crippen LogP contribution in [-0.4, -0.2) is 33.5 Å². The minimum atomic E-state index is -0.232. The van der Waals surface area contributed by atoms with Crippen molar-refractivity contribution in [2.75, 3.05) is 23.3 Å². The number of nitrogens with zero attached hydrogens (tertiary/aromatic N) is 4. The molecular formula is C27H27N5O2. The van der Waals surface area contributed by atoms with E-state index in [1.807, 2.05) is 43.4 Å². The molecule has 0 spiro atoms. The second-order valence-electron chi connectivity index (χ2n) is 8.42. The van der Waals surface area contributed by atoms with Gasteiger partial charge in [-0.3, -0.25) is 4.79 Å². The number of para-hydroxylation sites is 1. The highest BCUT2D eigenvalue weighted by Gasteiger charge is 2.17. The van der Waals surface area contributed by atoms with E-state index in [2.05, 4.69) is 49.7 Å². The van der Waals surface area contributed by atoms with Crippen molar-refractivity contribution in [3.63, 3.8) is 0 Å². The summed E-state index contributed by atoms with van der Waals surface area (Å²) in [5, 5.41) is 4.07. The zero-order chi connectivity index (χ0) is 23.5. The van der Waals surface area contributed by atoms with Crippen LogP contribution in [0.2, 0.25) is 0 Å². The van der Waals surface area contributed by atoms with Crippen molar-refractivity contribution in [2.45, 2.75) is 19.4 Å². The summed E-state index contributed by atoms with van der Waals surface area (Å²) in [5.74, 6) is -0.232. The van der Waals surface area contributed by atoms with Gasteiger partial charge < -0.3 is 19.5 Å². The van der Waals surface area contributed by atoms with Crippen molar-refractivity contribution in [2.24, 2.45) is 7.05 Å². The van der Waals surface area contributed by atoms with Gasteiger partial charge in [-0.05, 0) is 48.7 Å².